The van der Waals surface area contributed by atoms with Gasteiger partial charge in [-0.3, -0.25) is 14.5 Å². The molecular weight excluding hydrogens is 391 g/mol. The van der Waals surface area contributed by atoms with Crippen molar-refractivity contribution in [1.29, 1.82) is 0 Å². The molecule has 0 bridgehead atoms. The van der Waals surface area contributed by atoms with Crippen LogP contribution in [0.1, 0.15) is 25.8 Å². The zero-order valence-corrected chi connectivity index (χ0v) is 18.2. The molecule has 166 valence electrons. The molecule has 30 heavy (non-hydrogen) atoms. The molecule has 2 rings (SSSR count). The lowest BCUT2D eigenvalue weighted by Crippen LogP contribution is -2.38. The van der Waals surface area contributed by atoms with Crippen LogP contribution < -0.4 is 0 Å². The summed E-state index contributed by atoms with van der Waals surface area (Å²) in [4.78, 5) is 29.5. The number of methoxy groups -OCH3 is 2. The lowest BCUT2D eigenvalue weighted by atomic mass is 10.0. The Morgan fingerprint density at radius 1 is 0.967 bits per heavy atom. The van der Waals surface area contributed by atoms with Crippen molar-refractivity contribution in [3.05, 3.63) is 41.3 Å². The fourth-order valence-electron chi connectivity index (χ4n) is 3.22. The second-order valence-corrected chi connectivity index (χ2v) is 7.24. The van der Waals surface area contributed by atoms with E-state index in [1.165, 1.54) is 29.2 Å². The number of hydrogen-bond acceptors (Lipinski definition) is 6. The molecule has 0 saturated heterocycles. The molecule has 1 heterocycles. The lowest BCUT2D eigenvalue weighted by molar-refractivity contribution is -0.137. The lowest BCUT2D eigenvalue weighted by Gasteiger charge is -2.25. The molecule has 1 aliphatic rings. The number of rotatable bonds is 13. The normalized spacial score (nSPS) is 14.4. The number of nitrogens with zero attached hydrogens (tertiary/aromatic N) is 2. The molecule has 0 fully saturated rings. The van der Waals surface area contributed by atoms with Gasteiger partial charge in [-0.25, -0.2) is 4.39 Å². The zero-order valence-electron chi connectivity index (χ0n) is 18.2. The number of benzene rings is 1. The van der Waals surface area contributed by atoms with Gasteiger partial charge >= 0.3 is 0 Å². The number of hydrogen-bond donors (Lipinski definition) is 0. The average molecular weight is 422 g/mol. The van der Waals surface area contributed by atoms with E-state index < -0.39 is 5.82 Å². The number of amides is 2. The summed E-state index contributed by atoms with van der Waals surface area (Å²) in [5, 5.41) is 0. The summed E-state index contributed by atoms with van der Waals surface area (Å²) in [5.74, 6) is -1.15. The van der Waals surface area contributed by atoms with Gasteiger partial charge in [0.2, 0.25) is 0 Å². The van der Waals surface area contributed by atoms with Gasteiger partial charge in [-0.15, -0.1) is 0 Å². The van der Waals surface area contributed by atoms with Crippen LogP contribution in [-0.4, -0.2) is 81.4 Å². The second kappa shape index (κ2) is 11.8. The first-order chi connectivity index (χ1) is 14.4. The molecule has 8 heteroatoms. The van der Waals surface area contributed by atoms with Gasteiger partial charge in [-0.05, 0) is 38.0 Å². The molecule has 0 atom stereocenters. The van der Waals surface area contributed by atoms with Gasteiger partial charge in [0, 0.05) is 40.5 Å². The first kappa shape index (κ1) is 24.0. The maximum atomic E-state index is 13.4. The number of carbonyl (C=O) groups excluding carboxylic acids is 2. The van der Waals surface area contributed by atoms with E-state index in [9.17, 15) is 14.0 Å². The van der Waals surface area contributed by atoms with E-state index in [1.807, 2.05) is 13.8 Å². The predicted molar refractivity (Wildman–Crippen MR) is 111 cm³/mol. The maximum Gasteiger partial charge on any atom is 0.277 e. The van der Waals surface area contributed by atoms with Crippen molar-refractivity contribution in [1.82, 2.24) is 9.80 Å². The molecule has 0 N–H and O–H groups in total. The molecule has 0 aliphatic carbocycles. The SMILES string of the molecule is COCCN(CCOC)C1=C(c2ccc(F)cc2)C(=O)N(CCCOC(C)C)C1=O. The van der Waals surface area contributed by atoms with Crippen LogP contribution in [0.5, 0.6) is 0 Å². The molecule has 1 aliphatic heterocycles. The van der Waals surface area contributed by atoms with Gasteiger partial charge < -0.3 is 19.1 Å². The number of imide groups is 1. The molecule has 2 amide bonds. The van der Waals surface area contributed by atoms with Crippen LogP contribution in [0.25, 0.3) is 5.57 Å². The summed E-state index contributed by atoms with van der Waals surface area (Å²) in [6.07, 6.45) is 0.618. The van der Waals surface area contributed by atoms with Crippen molar-refractivity contribution in [2.24, 2.45) is 0 Å². The van der Waals surface area contributed by atoms with E-state index in [2.05, 4.69) is 0 Å². The fraction of sp³-hybridized carbons (Fsp3) is 0.545. The van der Waals surface area contributed by atoms with Gasteiger partial charge in [0.25, 0.3) is 11.8 Å². The topological polar surface area (TPSA) is 68.3 Å². The third-order valence-corrected chi connectivity index (χ3v) is 4.70. The Morgan fingerprint density at radius 3 is 2.10 bits per heavy atom. The van der Waals surface area contributed by atoms with E-state index in [-0.39, 0.29) is 30.0 Å². The minimum atomic E-state index is -0.406. The third kappa shape index (κ3) is 6.10. The van der Waals surface area contributed by atoms with E-state index in [1.54, 1.807) is 19.1 Å². The van der Waals surface area contributed by atoms with Gasteiger partial charge in [0.05, 0.1) is 24.9 Å². The molecule has 1 aromatic carbocycles. The highest BCUT2D eigenvalue weighted by atomic mass is 19.1. The van der Waals surface area contributed by atoms with Crippen LogP contribution in [0.4, 0.5) is 4.39 Å². The summed E-state index contributed by atoms with van der Waals surface area (Å²) in [6.45, 7) is 6.17. The molecule has 7 nitrogen and oxygen atoms in total. The van der Waals surface area contributed by atoms with E-state index in [4.69, 9.17) is 14.2 Å². The van der Waals surface area contributed by atoms with Crippen molar-refractivity contribution in [3.8, 4) is 0 Å². The summed E-state index contributed by atoms with van der Waals surface area (Å²) < 4.78 is 29.3. The van der Waals surface area contributed by atoms with Crippen LogP contribution in [0.2, 0.25) is 0 Å². The molecular formula is C22H31FN2O5. The summed E-state index contributed by atoms with van der Waals surface area (Å²) in [5.41, 5.74) is 1.08. The quantitative estimate of drug-likeness (QED) is 0.359. The van der Waals surface area contributed by atoms with Gasteiger partial charge in [0.15, 0.2) is 0 Å². The highest BCUT2D eigenvalue weighted by Crippen LogP contribution is 2.31. The second-order valence-electron chi connectivity index (χ2n) is 7.24. The number of halogens is 1. The highest BCUT2D eigenvalue weighted by molar-refractivity contribution is 6.35. The molecule has 0 saturated carbocycles. The molecule has 0 unspecified atom stereocenters. The van der Waals surface area contributed by atoms with Crippen LogP contribution in [-0.2, 0) is 23.8 Å². The van der Waals surface area contributed by atoms with Gasteiger partial charge in [-0.2, -0.15) is 0 Å². The highest BCUT2D eigenvalue weighted by Gasteiger charge is 2.41. The maximum absolute atomic E-state index is 13.4. The van der Waals surface area contributed by atoms with Crippen molar-refractivity contribution in [2.45, 2.75) is 26.4 Å². The zero-order chi connectivity index (χ0) is 22.1. The van der Waals surface area contributed by atoms with Crippen molar-refractivity contribution < 1.29 is 28.2 Å². The van der Waals surface area contributed by atoms with Crippen molar-refractivity contribution in [2.75, 3.05) is 53.7 Å². The third-order valence-electron chi connectivity index (χ3n) is 4.70. The molecule has 0 radical (unpaired) electrons. The predicted octanol–water partition coefficient (Wildman–Crippen LogP) is 2.32. The number of ether oxygens (including phenoxy) is 3. The minimum Gasteiger partial charge on any atom is -0.383 e. The van der Waals surface area contributed by atoms with Crippen molar-refractivity contribution >= 4 is 17.4 Å². The van der Waals surface area contributed by atoms with Crippen LogP contribution in [0, 0.1) is 5.82 Å². The Hall–Kier alpha value is -2.29. The minimum absolute atomic E-state index is 0.0806. The first-order valence-corrected chi connectivity index (χ1v) is 10.1. The van der Waals surface area contributed by atoms with E-state index in [0.717, 1.165) is 0 Å². The summed E-state index contributed by atoms with van der Waals surface area (Å²) in [6, 6.07) is 5.61. The Bertz CT molecular complexity index is 740. The standard InChI is InChI=1S/C22H31FN2O5/c1-16(2)30-13-5-10-25-21(26)19(17-6-8-18(23)9-7-17)20(22(25)27)24(11-14-28-3)12-15-29-4/h6-9,16H,5,10-15H2,1-4H3. The Labute approximate surface area is 177 Å². The first-order valence-electron chi connectivity index (χ1n) is 10.1. The number of carbonyl (C=O) groups is 2. The summed E-state index contributed by atoms with van der Waals surface area (Å²) >= 11 is 0. The molecule has 0 aromatic heterocycles. The van der Waals surface area contributed by atoms with E-state index >= 15 is 0 Å². The Morgan fingerprint density at radius 2 is 1.57 bits per heavy atom. The Kier molecular flexibility index (Phi) is 9.42. The molecule has 1 aromatic rings. The van der Waals surface area contributed by atoms with Gasteiger partial charge in [-0.1, -0.05) is 12.1 Å². The monoisotopic (exact) mass is 422 g/mol. The van der Waals surface area contributed by atoms with E-state index in [0.29, 0.717) is 50.6 Å². The Balaban J connectivity index is 2.36. The van der Waals surface area contributed by atoms with Crippen LogP contribution >= 0.6 is 0 Å². The fourth-order valence-corrected chi connectivity index (χ4v) is 3.22. The average Bonchev–Trinajstić information content (AvgIpc) is 2.96. The summed E-state index contributed by atoms with van der Waals surface area (Å²) in [7, 11) is 3.15. The van der Waals surface area contributed by atoms with Gasteiger partial charge in [0.1, 0.15) is 11.5 Å². The largest absolute Gasteiger partial charge is 0.383 e. The van der Waals surface area contributed by atoms with Crippen LogP contribution in [0.15, 0.2) is 30.0 Å². The van der Waals surface area contributed by atoms with Crippen molar-refractivity contribution in [3.63, 3.8) is 0 Å². The smallest absolute Gasteiger partial charge is 0.277 e. The molecule has 0 spiro atoms. The van der Waals surface area contributed by atoms with Crippen LogP contribution in [0.3, 0.4) is 0 Å².